The molecule has 1 fully saturated rings. The van der Waals surface area contributed by atoms with Crippen LogP contribution in [0.5, 0.6) is 0 Å². The highest BCUT2D eigenvalue weighted by molar-refractivity contribution is 6.34. The summed E-state index contributed by atoms with van der Waals surface area (Å²) in [4.78, 5) is 23.1. The van der Waals surface area contributed by atoms with E-state index in [-0.39, 0.29) is 17.9 Å². The van der Waals surface area contributed by atoms with Gasteiger partial charge in [0.2, 0.25) is 5.91 Å². The summed E-state index contributed by atoms with van der Waals surface area (Å²) in [5, 5.41) is 5.77. The van der Waals surface area contributed by atoms with Crippen molar-refractivity contribution in [1.29, 1.82) is 0 Å². The number of ether oxygens (including phenoxy) is 1. The lowest BCUT2D eigenvalue weighted by molar-refractivity contribution is -0.114. The molecule has 2 N–H and O–H groups in total. The Balaban J connectivity index is 2.01. The van der Waals surface area contributed by atoms with Crippen LogP contribution in [0.4, 0.5) is 5.69 Å². The molecule has 5 nitrogen and oxygen atoms in total. The minimum absolute atomic E-state index is 0.0799. The minimum Gasteiger partial charge on any atom is -0.376 e. The van der Waals surface area contributed by atoms with Crippen molar-refractivity contribution in [2.45, 2.75) is 25.9 Å². The van der Waals surface area contributed by atoms with Gasteiger partial charge in [0.05, 0.1) is 16.7 Å². The summed E-state index contributed by atoms with van der Waals surface area (Å²) in [5.41, 5.74) is 0.889. The number of anilines is 1. The lowest BCUT2D eigenvalue weighted by atomic mass is 10.1. The molecule has 0 aliphatic carbocycles. The van der Waals surface area contributed by atoms with Crippen molar-refractivity contribution in [3.05, 3.63) is 28.8 Å². The van der Waals surface area contributed by atoms with E-state index in [2.05, 4.69) is 10.6 Å². The number of nitrogens with one attached hydrogen (secondary N) is 2. The molecule has 1 aliphatic heterocycles. The highest BCUT2D eigenvalue weighted by Crippen LogP contribution is 2.21. The molecule has 6 heteroatoms. The first kappa shape index (κ1) is 14.8. The zero-order valence-electron chi connectivity index (χ0n) is 11.2. The molecule has 20 heavy (non-hydrogen) atoms. The Morgan fingerprint density at radius 1 is 1.45 bits per heavy atom. The fourth-order valence-electron chi connectivity index (χ4n) is 2.09. The standard InChI is InChI=1S/C14H17ClN2O3/c1-9(18)17-10-4-5-13(15)12(7-10)14(19)16-8-11-3-2-6-20-11/h4-5,7,11H,2-3,6,8H2,1H3,(H,16,19)(H,17,18)/t11-/m0/s1. The monoisotopic (exact) mass is 296 g/mol. The minimum atomic E-state index is -0.266. The fraction of sp³-hybridized carbons (Fsp3) is 0.429. The lowest BCUT2D eigenvalue weighted by Gasteiger charge is -2.12. The van der Waals surface area contributed by atoms with Crippen LogP contribution in [-0.2, 0) is 9.53 Å². The van der Waals surface area contributed by atoms with E-state index in [9.17, 15) is 9.59 Å². The van der Waals surface area contributed by atoms with E-state index >= 15 is 0 Å². The number of carbonyl (C=O) groups excluding carboxylic acids is 2. The lowest BCUT2D eigenvalue weighted by Crippen LogP contribution is -2.32. The number of rotatable bonds is 4. The molecular formula is C14H17ClN2O3. The molecule has 0 bridgehead atoms. The van der Waals surface area contributed by atoms with Crippen molar-refractivity contribution in [3.8, 4) is 0 Å². The summed E-state index contributed by atoms with van der Waals surface area (Å²) in [6.07, 6.45) is 2.07. The van der Waals surface area contributed by atoms with E-state index < -0.39 is 0 Å². The van der Waals surface area contributed by atoms with Crippen molar-refractivity contribution in [3.63, 3.8) is 0 Å². The first-order chi connectivity index (χ1) is 9.56. The van der Waals surface area contributed by atoms with Crippen LogP contribution in [0.3, 0.4) is 0 Å². The van der Waals surface area contributed by atoms with E-state index in [1.807, 2.05) is 0 Å². The van der Waals surface area contributed by atoms with Crippen LogP contribution in [-0.4, -0.2) is 31.1 Å². The number of hydrogen-bond donors (Lipinski definition) is 2. The van der Waals surface area contributed by atoms with Crippen LogP contribution in [0, 0.1) is 0 Å². The average Bonchev–Trinajstić information content (AvgIpc) is 2.91. The van der Waals surface area contributed by atoms with Gasteiger partial charge in [-0.3, -0.25) is 9.59 Å². The molecule has 0 aromatic heterocycles. The van der Waals surface area contributed by atoms with Gasteiger partial charge in [-0.05, 0) is 31.0 Å². The third kappa shape index (κ3) is 3.95. The Morgan fingerprint density at radius 3 is 2.90 bits per heavy atom. The zero-order valence-corrected chi connectivity index (χ0v) is 12.0. The van der Waals surface area contributed by atoms with Crippen LogP contribution in [0.25, 0.3) is 0 Å². The van der Waals surface area contributed by atoms with Gasteiger partial charge in [-0.1, -0.05) is 11.6 Å². The van der Waals surface area contributed by atoms with Crippen LogP contribution in [0.1, 0.15) is 30.1 Å². The summed E-state index contributed by atoms with van der Waals surface area (Å²) in [5.74, 6) is -0.462. The van der Waals surface area contributed by atoms with Crippen LogP contribution in [0.2, 0.25) is 5.02 Å². The van der Waals surface area contributed by atoms with Crippen LogP contribution >= 0.6 is 11.6 Å². The normalized spacial score (nSPS) is 17.8. The molecular weight excluding hydrogens is 280 g/mol. The van der Waals surface area contributed by atoms with E-state index in [1.54, 1.807) is 18.2 Å². The second-order valence-corrected chi connectivity index (χ2v) is 5.13. The molecule has 1 saturated heterocycles. The van der Waals surface area contributed by atoms with Crippen molar-refractivity contribution < 1.29 is 14.3 Å². The number of amides is 2. The smallest absolute Gasteiger partial charge is 0.252 e. The molecule has 1 aliphatic rings. The first-order valence-electron chi connectivity index (χ1n) is 6.53. The van der Waals surface area contributed by atoms with E-state index in [1.165, 1.54) is 6.92 Å². The highest BCUT2D eigenvalue weighted by Gasteiger charge is 2.18. The summed E-state index contributed by atoms with van der Waals surface area (Å²) in [7, 11) is 0. The molecule has 2 rings (SSSR count). The summed E-state index contributed by atoms with van der Waals surface area (Å²) in [6, 6.07) is 4.81. The Labute approximate surface area is 122 Å². The molecule has 0 spiro atoms. The summed E-state index contributed by atoms with van der Waals surface area (Å²) >= 11 is 6.02. The number of carbonyl (C=O) groups is 2. The summed E-state index contributed by atoms with van der Waals surface area (Å²) < 4.78 is 5.44. The van der Waals surface area contributed by atoms with Gasteiger partial charge in [-0.2, -0.15) is 0 Å². The molecule has 1 atom stereocenters. The third-order valence-electron chi connectivity index (χ3n) is 3.05. The Kier molecular flexibility index (Phi) is 4.98. The Bertz CT molecular complexity index is 513. The van der Waals surface area contributed by atoms with Crippen molar-refractivity contribution >= 4 is 29.1 Å². The molecule has 108 valence electrons. The highest BCUT2D eigenvalue weighted by atomic mass is 35.5. The largest absolute Gasteiger partial charge is 0.376 e. The predicted molar refractivity (Wildman–Crippen MR) is 77.1 cm³/mol. The zero-order chi connectivity index (χ0) is 14.5. The van der Waals surface area contributed by atoms with Gasteiger partial charge >= 0.3 is 0 Å². The van der Waals surface area contributed by atoms with E-state index in [0.717, 1.165) is 19.4 Å². The molecule has 1 heterocycles. The topological polar surface area (TPSA) is 67.4 Å². The SMILES string of the molecule is CC(=O)Nc1ccc(Cl)c(C(=O)NC[C@@H]2CCCO2)c1. The van der Waals surface area contributed by atoms with Crippen LogP contribution in [0.15, 0.2) is 18.2 Å². The maximum absolute atomic E-state index is 12.1. The van der Waals surface area contributed by atoms with Gasteiger partial charge in [0.15, 0.2) is 0 Å². The van der Waals surface area contributed by atoms with E-state index in [0.29, 0.717) is 22.8 Å². The molecule has 0 radical (unpaired) electrons. The van der Waals surface area contributed by atoms with Gasteiger partial charge in [0.1, 0.15) is 0 Å². The second-order valence-electron chi connectivity index (χ2n) is 4.72. The van der Waals surface area contributed by atoms with Gasteiger partial charge in [-0.15, -0.1) is 0 Å². The maximum atomic E-state index is 12.1. The number of hydrogen-bond acceptors (Lipinski definition) is 3. The molecule has 1 aromatic carbocycles. The molecule has 2 amide bonds. The van der Waals surface area contributed by atoms with Gasteiger partial charge in [-0.25, -0.2) is 0 Å². The Hall–Kier alpha value is -1.59. The predicted octanol–water partition coefficient (Wildman–Crippen LogP) is 2.21. The van der Waals surface area contributed by atoms with Gasteiger partial charge in [0.25, 0.3) is 5.91 Å². The fourth-order valence-corrected chi connectivity index (χ4v) is 2.29. The number of benzene rings is 1. The third-order valence-corrected chi connectivity index (χ3v) is 3.38. The van der Waals surface area contributed by atoms with E-state index in [4.69, 9.17) is 16.3 Å². The summed E-state index contributed by atoms with van der Waals surface area (Å²) in [6.45, 7) is 2.63. The quantitative estimate of drug-likeness (QED) is 0.895. The van der Waals surface area contributed by atoms with Gasteiger partial charge < -0.3 is 15.4 Å². The van der Waals surface area contributed by atoms with Crippen LogP contribution < -0.4 is 10.6 Å². The molecule has 1 aromatic rings. The van der Waals surface area contributed by atoms with Crippen molar-refractivity contribution in [2.24, 2.45) is 0 Å². The van der Waals surface area contributed by atoms with Crippen molar-refractivity contribution in [2.75, 3.05) is 18.5 Å². The average molecular weight is 297 g/mol. The molecule has 0 unspecified atom stereocenters. The van der Waals surface area contributed by atoms with Crippen molar-refractivity contribution in [1.82, 2.24) is 5.32 Å². The Morgan fingerprint density at radius 2 is 2.25 bits per heavy atom. The van der Waals surface area contributed by atoms with Gasteiger partial charge in [0, 0.05) is 25.8 Å². The second kappa shape index (κ2) is 6.72. The number of halogens is 1. The molecule has 0 saturated carbocycles. The maximum Gasteiger partial charge on any atom is 0.252 e. The first-order valence-corrected chi connectivity index (χ1v) is 6.91.